The predicted octanol–water partition coefficient (Wildman–Crippen LogP) is 4.97. The monoisotopic (exact) mass is 559 g/mol. The Labute approximate surface area is 242 Å². The topological polar surface area (TPSA) is 75.7 Å². The summed E-state index contributed by atoms with van der Waals surface area (Å²) in [4.78, 5) is 14.7. The number of benzene rings is 3. The van der Waals surface area contributed by atoms with E-state index in [1.54, 1.807) is 42.5 Å². The van der Waals surface area contributed by atoms with E-state index in [1.807, 2.05) is 10.8 Å². The number of hydrogen-bond acceptors (Lipinski definition) is 5. The number of nitrogens with one attached hydrogen (secondary N) is 1. The second kappa shape index (κ2) is 12.2. The molecule has 0 unspecified atom stereocenters. The molecule has 1 aliphatic heterocycles. The summed E-state index contributed by atoms with van der Waals surface area (Å²) < 4.78 is 45.3. The van der Waals surface area contributed by atoms with E-state index in [-0.39, 0.29) is 36.2 Å². The molecule has 36 heavy (non-hydrogen) atoms. The molecule has 1 radical (unpaired) electrons. The van der Waals surface area contributed by atoms with Gasteiger partial charge in [-0.05, 0) is 60.9 Å². The number of nitrogens with zero attached hydrogens (tertiary/aromatic N) is 1. The van der Waals surface area contributed by atoms with E-state index in [2.05, 4.69) is 4.90 Å². The summed E-state index contributed by atoms with van der Waals surface area (Å²) in [6, 6.07) is 14.9. The molecule has 0 saturated heterocycles. The van der Waals surface area contributed by atoms with Crippen molar-refractivity contribution in [3.05, 3.63) is 92.7 Å². The first kappa shape index (κ1) is 28.8. The van der Waals surface area contributed by atoms with Crippen molar-refractivity contribution in [2.75, 3.05) is 17.7 Å². The zero-order chi connectivity index (χ0) is 25.2. The maximum absolute atomic E-state index is 14.2. The van der Waals surface area contributed by atoms with Crippen molar-refractivity contribution < 1.29 is 22.3 Å². The van der Waals surface area contributed by atoms with Crippen LogP contribution in [0.5, 0.6) is 5.75 Å². The van der Waals surface area contributed by atoms with Crippen LogP contribution in [0.1, 0.15) is 33.5 Å². The van der Waals surface area contributed by atoms with E-state index >= 15 is 0 Å². The van der Waals surface area contributed by atoms with Crippen LogP contribution < -0.4 is 14.4 Å². The molecule has 1 heterocycles. The van der Waals surface area contributed by atoms with Crippen molar-refractivity contribution in [1.29, 1.82) is 0 Å². The van der Waals surface area contributed by atoms with Crippen LogP contribution in [0.3, 0.4) is 0 Å². The number of anilines is 1. The molecule has 185 valence electrons. The van der Waals surface area contributed by atoms with Gasteiger partial charge in [0.2, 0.25) is 10.0 Å². The second-order valence-electron chi connectivity index (χ2n) is 8.31. The summed E-state index contributed by atoms with van der Waals surface area (Å²) in [7, 11) is -3.68. The molecular formula is C25H23Cl2FN2NaO4S. The normalized spacial score (nSPS) is 12.9. The van der Waals surface area contributed by atoms with E-state index in [1.165, 1.54) is 6.07 Å². The van der Waals surface area contributed by atoms with Gasteiger partial charge in [0, 0.05) is 75.1 Å². The van der Waals surface area contributed by atoms with E-state index in [0.29, 0.717) is 39.9 Å². The van der Waals surface area contributed by atoms with Gasteiger partial charge in [-0.2, -0.15) is 0 Å². The second-order valence-corrected chi connectivity index (χ2v) is 10.9. The standard InChI is InChI=1S/C25H23Cl2FN2O4S.Na/c1-35(32,33)29-25(31)21-4-2-6-23-20(21)5-3-11-30(23)14-17-12-18(26)9-10-24(17)34-15-16-7-8-19(27)13-22(16)28;/h2,4,6-10,12-13H,3,5,11,14-15H2,1H3,(H,29,31);. The number of amides is 1. The molecule has 0 spiro atoms. The predicted molar refractivity (Wildman–Crippen MR) is 141 cm³/mol. The fourth-order valence-electron chi connectivity index (χ4n) is 4.11. The van der Waals surface area contributed by atoms with Gasteiger partial charge in [-0.15, -0.1) is 0 Å². The first-order valence-corrected chi connectivity index (χ1v) is 13.5. The molecule has 3 aromatic rings. The summed E-state index contributed by atoms with van der Waals surface area (Å²) in [5.41, 5.74) is 3.13. The summed E-state index contributed by atoms with van der Waals surface area (Å²) in [5, 5.41) is 0.843. The molecule has 1 N–H and O–H groups in total. The molecule has 11 heteroatoms. The van der Waals surface area contributed by atoms with Crippen LogP contribution in [0.2, 0.25) is 10.0 Å². The molecule has 0 fully saturated rings. The Morgan fingerprint density at radius 3 is 2.53 bits per heavy atom. The number of carbonyl (C=O) groups excluding carboxylic acids is 1. The van der Waals surface area contributed by atoms with Crippen LogP contribution >= 0.6 is 23.2 Å². The first-order chi connectivity index (χ1) is 16.6. The summed E-state index contributed by atoms with van der Waals surface area (Å²) in [6.07, 6.45) is 2.38. The third-order valence-corrected chi connectivity index (χ3v) is 6.68. The third-order valence-electron chi connectivity index (χ3n) is 5.65. The van der Waals surface area contributed by atoms with Gasteiger partial charge in [0.25, 0.3) is 5.91 Å². The van der Waals surface area contributed by atoms with Crippen LogP contribution in [-0.4, -0.2) is 56.7 Å². The van der Waals surface area contributed by atoms with Crippen LogP contribution in [0.4, 0.5) is 10.1 Å². The summed E-state index contributed by atoms with van der Waals surface area (Å²) >= 11 is 12.1. The molecule has 0 atom stereocenters. The molecule has 1 aliphatic rings. The van der Waals surface area contributed by atoms with Gasteiger partial charge in [0.1, 0.15) is 18.2 Å². The van der Waals surface area contributed by atoms with E-state index in [9.17, 15) is 17.6 Å². The molecule has 3 aromatic carbocycles. The molecular weight excluding hydrogens is 537 g/mol. The maximum atomic E-state index is 14.2. The van der Waals surface area contributed by atoms with Gasteiger partial charge >= 0.3 is 0 Å². The summed E-state index contributed by atoms with van der Waals surface area (Å²) in [5.74, 6) is -0.539. The largest absolute Gasteiger partial charge is 0.488 e. The first-order valence-electron chi connectivity index (χ1n) is 10.8. The number of carbonyl (C=O) groups is 1. The average Bonchev–Trinajstić information content (AvgIpc) is 2.78. The number of hydrogen-bond donors (Lipinski definition) is 1. The number of rotatable bonds is 7. The van der Waals surface area contributed by atoms with Gasteiger partial charge in [-0.1, -0.05) is 35.3 Å². The Kier molecular flexibility index (Phi) is 9.71. The van der Waals surface area contributed by atoms with E-state index in [4.69, 9.17) is 27.9 Å². The smallest absolute Gasteiger partial charge is 0.265 e. The number of halogens is 3. The van der Waals surface area contributed by atoms with Gasteiger partial charge in [-0.25, -0.2) is 17.5 Å². The zero-order valence-corrected chi connectivity index (χ0v) is 24.2. The van der Waals surface area contributed by atoms with Gasteiger partial charge in [0.15, 0.2) is 0 Å². The maximum Gasteiger partial charge on any atom is 0.265 e. The fourth-order valence-corrected chi connectivity index (χ4v) is 4.91. The van der Waals surface area contributed by atoms with Crippen molar-refractivity contribution in [3.63, 3.8) is 0 Å². The Hall–Kier alpha value is -1.81. The zero-order valence-electron chi connectivity index (χ0n) is 19.9. The minimum atomic E-state index is -3.68. The molecule has 6 nitrogen and oxygen atoms in total. The fraction of sp³-hybridized carbons (Fsp3) is 0.240. The Balaban J connectivity index is 0.00000361. The van der Waals surface area contributed by atoms with E-state index in [0.717, 1.165) is 36.0 Å². The number of ether oxygens (including phenoxy) is 1. The average molecular weight is 560 g/mol. The van der Waals surface area contributed by atoms with Crippen LogP contribution in [0, 0.1) is 5.82 Å². The van der Waals surface area contributed by atoms with Crippen LogP contribution in [-0.2, 0) is 29.6 Å². The Morgan fingerprint density at radius 2 is 1.81 bits per heavy atom. The number of sulfonamides is 1. The minimum Gasteiger partial charge on any atom is -0.488 e. The molecule has 0 saturated carbocycles. The SMILES string of the molecule is CS(=O)(=O)NC(=O)c1cccc2c1CCCN2Cc1cc(Cl)ccc1OCc1ccc(Cl)cc1F.[Na]. The molecule has 0 aromatic heterocycles. The van der Waals surface area contributed by atoms with Gasteiger partial charge in [-0.3, -0.25) is 4.79 Å². The Bertz CT molecular complexity index is 1390. The quantitative estimate of drug-likeness (QED) is 0.413. The van der Waals surface area contributed by atoms with Crippen molar-refractivity contribution >= 4 is 74.4 Å². The van der Waals surface area contributed by atoms with Crippen molar-refractivity contribution in [2.24, 2.45) is 0 Å². The number of fused-ring (bicyclic) bond motifs is 1. The van der Waals surface area contributed by atoms with Crippen LogP contribution in [0.25, 0.3) is 0 Å². The summed E-state index contributed by atoms with van der Waals surface area (Å²) in [6.45, 7) is 1.18. The molecule has 0 bridgehead atoms. The van der Waals surface area contributed by atoms with Crippen molar-refractivity contribution in [3.8, 4) is 5.75 Å². The Morgan fingerprint density at radius 1 is 1.08 bits per heavy atom. The van der Waals surface area contributed by atoms with Crippen molar-refractivity contribution in [2.45, 2.75) is 26.0 Å². The van der Waals surface area contributed by atoms with E-state index < -0.39 is 21.7 Å². The van der Waals surface area contributed by atoms with Crippen molar-refractivity contribution in [1.82, 2.24) is 4.72 Å². The van der Waals surface area contributed by atoms with Gasteiger partial charge < -0.3 is 9.64 Å². The van der Waals surface area contributed by atoms with Crippen LogP contribution in [0.15, 0.2) is 54.6 Å². The third kappa shape index (κ3) is 7.15. The minimum absolute atomic E-state index is 0. The molecule has 4 rings (SSSR count). The molecule has 1 amide bonds. The van der Waals surface area contributed by atoms with Gasteiger partial charge in [0.05, 0.1) is 6.26 Å². The molecule has 0 aliphatic carbocycles.